The summed E-state index contributed by atoms with van der Waals surface area (Å²) in [6.07, 6.45) is 1.16. The Morgan fingerprint density at radius 1 is 1.47 bits per heavy atom. The number of anilines is 1. The van der Waals surface area contributed by atoms with Crippen LogP contribution >= 0.6 is 11.3 Å². The van der Waals surface area contributed by atoms with Gasteiger partial charge in [0, 0.05) is 18.8 Å². The molecule has 2 amide bonds. The number of carbonyl (C=O) groups is 3. The van der Waals surface area contributed by atoms with Gasteiger partial charge < -0.3 is 15.7 Å². The summed E-state index contributed by atoms with van der Waals surface area (Å²) in [6, 6.07) is 0. The number of aromatic nitrogens is 1. The summed E-state index contributed by atoms with van der Waals surface area (Å²) in [5, 5.41) is 15.9. The van der Waals surface area contributed by atoms with E-state index in [4.69, 9.17) is 5.11 Å². The van der Waals surface area contributed by atoms with E-state index in [0.29, 0.717) is 18.0 Å². The highest BCUT2D eigenvalue weighted by Gasteiger charge is 2.50. The fourth-order valence-corrected chi connectivity index (χ4v) is 2.28. The van der Waals surface area contributed by atoms with Crippen molar-refractivity contribution in [2.45, 2.75) is 19.8 Å². The lowest BCUT2D eigenvalue weighted by Crippen LogP contribution is -2.34. The molecule has 102 valence electrons. The van der Waals surface area contributed by atoms with Gasteiger partial charge in [-0.25, -0.2) is 4.98 Å². The average molecular weight is 283 g/mol. The second kappa shape index (κ2) is 4.96. The van der Waals surface area contributed by atoms with Crippen LogP contribution < -0.4 is 10.6 Å². The molecule has 1 aromatic rings. The van der Waals surface area contributed by atoms with Crippen LogP contribution in [-0.2, 0) is 9.59 Å². The van der Waals surface area contributed by atoms with Gasteiger partial charge in [0.15, 0.2) is 5.13 Å². The molecule has 1 saturated carbocycles. The Morgan fingerprint density at radius 3 is 2.68 bits per heavy atom. The summed E-state index contributed by atoms with van der Waals surface area (Å²) in [5.41, 5.74) is -0.624. The van der Waals surface area contributed by atoms with E-state index in [-0.39, 0.29) is 18.1 Å². The van der Waals surface area contributed by atoms with Crippen molar-refractivity contribution in [3.8, 4) is 0 Å². The molecule has 0 atom stereocenters. The summed E-state index contributed by atoms with van der Waals surface area (Å²) in [5.74, 6) is -1.57. The van der Waals surface area contributed by atoms with Crippen LogP contribution in [0.2, 0.25) is 0 Å². The summed E-state index contributed by atoms with van der Waals surface area (Å²) < 4.78 is 0. The number of nitrogens with one attached hydrogen (secondary N) is 2. The second-order valence-electron chi connectivity index (χ2n) is 4.49. The number of nitrogens with zero attached hydrogens (tertiary/aromatic N) is 1. The summed E-state index contributed by atoms with van der Waals surface area (Å²) in [7, 11) is 0. The van der Waals surface area contributed by atoms with Crippen LogP contribution in [0.4, 0.5) is 5.13 Å². The monoisotopic (exact) mass is 283 g/mol. The van der Waals surface area contributed by atoms with Crippen molar-refractivity contribution in [2.75, 3.05) is 11.9 Å². The maximum Gasteiger partial charge on any atom is 0.311 e. The molecule has 1 aliphatic rings. The van der Waals surface area contributed by atoms with Crippen molar-refractivity contribution in [1.82, 2.24) is 10.3 Å². The Kier molecular flexibility index (Phi) is 3.52. The van der Waals surface area contributed by atoms with Crippen molar-refractivity contribution < 1.29 is 19.5 Å². The number of hydrogen-bond donors (Lipinski definition) is 3. The first-order valence-electron chi connectivity index (χ1n) is 5.68. The minimum Gasteiger partial charge on any atom is -0.481 e. The molecule has 0 aromatic carbocycles. The van der Waals surface area contributed by atoms with Crippen LogP contribution in [0.1, 0.15) is 30.3 Å². The van der Waals surface area contributed by atoms with E-state index >= 15 is 0 Å². The molecule has 0 spiro atoms. The highest BCUT2D eigenvalue weighted by molar-refractivity contribution is 7.14. The molecule has 1 heterocycles. The molecule has 0 aliphatic heterocycles. The van der Waals surface area contributed by atoms with Gasteiger partial charge in [0.2, 0.25) is 5.91 Å². The van der Waals surface area contributed by atoms with Gasteiger partial charge in [-0.05, 0) is 12.8 Å². The van der Waals surface area contributed by atoms with Crippen LogP contribution in [0.25, 0.3) is 0 Å². The molecule has 3 N–H and O–H groups in total. The lowest BCUT2D eigenvalue weighted by atomic mass is 10.1. The molecule has 0 bridgehead atoms. The van der Waals surface area contributed by atoms with Crippen LogP contribution in [0.15, 0.2) is 5.38 Å². The molecule has 0 radical (unpaired) electrons. The number of carboxylic acid groups (broad SMARTS) is 1. The minimum absolute atomic E-state index is 0.105. The van der Waals surface area contributed by atoms with Crippen LogP contribution in [0, 0.1) is 5.41 Å². The Morgan fingerprint density at radius 2 is 2.16 bits per heavy atom. The smallest absolute Gasteiger partial charge is 0.311 e. The number of hydrogen-bond acceptors (Lipinski definition) is 5. The van der Waals surface area contributed by atoms with Gasteiger partial charge in [0.25, 0.3) is 5.91 Å². The summed E-state index contributed by atoms with van der Waals surface area (Å²) in [4.78, 5) is 37.5. The molecule has 1 fully saturated rings. The fourth-order valence-electron chi connectivity index (χ4n) is 1.54. The molecule has 19 heavy (non-hydrogen) atoms. The van der Waals surface area contributed by atoms with E-state index < -0.39 is 17.3 Å². The quantitative estimate of drug-likeness (QED) is 0.737. The Hall–Kier alpha value is -1.96. The van der Waals surface area contributed by atoms with E-state index in [9.17, 15) is 14.4 Å². The first kappa shape index (κ1) is 13.5. The number of carbonyl (C=O) groups excluding carboxylic acids is 2. The van der Waals surface area contributed by atoms with E-state index in [0.717, 1.165) is 11.3 Å². The SMILES string of the molecule is CC(=O)Nc1nc(C(=O)NCC2(C(=O)O)CC2)cs1. The lowest BCUT2D eigenvalue weighted by Gasteiger charge is -2.09. The van der Waals surface area contributed by atoms with Gasteiger partial charge in [-0.3, -0.25) is 14.4 Å². The third-order valence-corrected chi connectivity index (χ3v) is 3.67. The van der Waals surface area contributed by atoms with E-state index in [2.05, 4.69) is 15.6 Å². The third-order valence-electron chi connectivity index (χ3n) is 2.91. The molecule has 8 heteroatoms. The van der Waals surface area contributed by atoms with Crippen molar-refractivity contribution in [1.29, 1.82) is 0 Å². The first-order valence-corrected chi connectivity index (χ1v) is 6.56. The van der Waals surface area contributed by atoms with Crippen molar-refractivity contribution in [3.05, 3.63) is 11.1 Å². The zero-order valence-electron chi connectivity index (χ0n) is 10.2. The lowest BCUT2D eigenvalue weighted by molar-refractivity contribution is -0.143. The largest absolute Gasteiger partial charge is 0.481 e. The number of carboxylic acids is 1. The van der Waals surface area contributed by atoms with Crippen molar-refractivity contribution >= 4 is 34.3 Å². The van der Waals surface area contributed by atoms with E-state index in [1.54, 1.807) is 0 Å². The van der Waals surface area contributed by atoms with Crippen molar-refractivity contribution in [3.63, 3.8) is 0 Å². The van der Waals surface area contributed by atoms with Crippen LogP contribution in [-0.4, -0.2) is 34.4 Å². The summed E-state index contributed by atoms with van der Waals surface area (Å²) in [6.45, 7) is 1.46. The normalized spacial score (nSPS) is 15.6. The Balaban J connectivity index is 1.91. The predicted octanol–water partition coefficient (Wildman–Crippen LogP) is 0.696. The molecule has 0 unspecified atom stereocenters. The molecule has 7 nitrogen and oxygen atoms in total. The molecular weight excluding hydrogens is 270 g/mol. The number of thiazole rings is 1. The highest BCUT2D eigenvalue weighted by Crippen LogP contribution is 2.45. The first-order chi connectivity index (χ1) is 8.93. The molecular formula is C11H13N3O4S. The molecule has 0 saturated heterocycles. The molecule has 2 rings (SSSR count). The maximum atomic E-state index is 11.8. The molecule has 1 aromatic heterocycles. The van der Waals surface area contributed by atoms with Crippen molar-refractivity contribution in [2.24, 2.45) is 5.41 Å². The predicted molar refractivity (Wildman–Crippen MR) is 68.1 cm³/mol. The zero-order valence-corrected chi connectivity index (χ0v) is 11.0. The Bertz CT molecular complexity index is 536. The Labute approximate surface area is 113 Å². The van der Waals surface area contributed by atoms with Gasteiger partial charge in [-0.2, -0.15) is 0 Å². The maximum absolute atomic E-state index is 11.8. The second-order valence-corrected chi connectivity index (χ2v) is 5.35. The van der Waals surface area contributed by atoms with Gasteiger partial charge in [0.05, 0.1) is 5.41 Å². The topological polar surface area (TPSA) is 108 Å². The third kappa shape index (κ3) is 3.08. The standard InChI is InChI=1S/C11H13N3O4S/c1-6(15)13-10-14-7(4-19-10)8(16)12-5-11(2-3-11)9(17)18/h4H,2-3,5H2,1H3,(H,12,16)(H,17,18)(H,13,14,15). The van der Waals surface area contributed by atoms with Gasteiger partial charge in [-0.15, -0.1) is 11.3 Å². The average Bonchev–Trinajstić information content (AvgIpc) is 3.00. The number of aliphatic carboxylic acids is 1. The van der Waals surface area contributed by atoms with Gasteiger partial charge >= 0.3 is 5.97 Å². The highest BCUT2D eigenvalue weighted by atomic mass is 32.1. The summed E-state index contributed by atoms with van der Waals surface area (Å²) >= 11 is 1.14. The van der Waals surface area contributed by atoms with Gasteiger partial charge in [0.1, 0.15) is 5.69 Å². The number of rotatable bonds is 5. The van der Waals surface area contributed by atoms with Crippen LogP contribution in [0.5, 0.6) is 0 Å². The zero-order chi connectivity index (χ0) is 14.0. The fraction of sp³-hybridized carbons (Fsp3) is 0.455. The van der Waals surface area contributed by atoms with E-state index in [1.807, 2.05) is 0 Å². The van der Waals surface area contributed by atoms with Gasteiger partial charge in [-0.1, -0.05) is 0 Å². The van der Waals surface area contributed by atoms with Crippen LogP contribution in [0.3, 0.4) is 0 Å². The number of amides is 2. The van der Waals surface area contributed by atoms with E-state index in [1.165, 1.54) is 12.3 Å². The molecule has 1 aliphatic carbocycles. The minimum atomic E-state index is -0.884.